The molecule has 26 heavy (non-hydrogen) atoms. The third-order valence-electron chi connectivity index (χ3n) is 4.72. The number of nitrogens with one attached hydrogen (secondary N) is 2. The Balaban J connectivity index is 1.49. The van der Waals surface area contributed by atoms with Crippen molar-refractivity contribution in [2.45, 2.75) is 25.7 Å². The van der Waals surface area contributed by atoms with E-state index < -0.39 is 0 Å². The predicted octanol–water partition coefficient (Wildman–Crippen LogP) is 3.85. The summed E-state index contributed by atoms with van der Waals surface area (Å²) in [7, 11) is 0. The zero-order chi connectivity index (χ0) is 18.4. The molecule has 5 heteroatoms. The summed E-state index contributed by atoms with van der Waals surface area (Å²) >= 11 is 0. The number of hydrogen-bond acceptors (Lipinski definition) is 2. The Kier molecular flexibility index (Phi) is 5.89. The molecule has 5 nitrogen and oxygen atoms in total. The molecule has 1 aliphatic rings. The molecule has 0 spiro atoms. The predicted molar refractivity (Wildman–Crippen MR) is 103 cm³/mol. The summed E-state index contributed by atoms with van der Waals surface area (Å²) in [5.41, 5.74) is 2.53. The number of anilines is 1. The Labute approximate surface area is 154 Å². The van der Waals surface area contributed by atoms with Gasteiger partial charge in [0.25, 0.3) is 5.91 Å². The average Bonchev–Trinajstić information content (AvgIpc) is 3.21. The Morgan fingerprint density at radius 3 is 2.31 bits per heavy atom. The Morgan fingerprint density at radius 2 is 1.65 bits per heavy atom. The van der Waals surface area contributed by atoms with Crippen LogP contribution in [0.2, 0.25) is 0 Å². The first-order chi connectivity index (χ1) is 12.6. The maximum absolute atomic E-state index is 12.3. The first kappa shape index (κ1) is 18.0. The fourth-order valence-corrected chi connectivity index (χ4v) is 3.12. The average molecular weight is 351 g/mol. The number of hydrogen-bond donors (Lipinski definition) is 2. The molecule has 1 fully saturated rings. The van der Waals surface area contributed by atoms with Gasteiger partial charge < -0.3 is 15.5 Å². The minimum atomic E-state index is -0.244. The molecule has 1 heterocycles. The zero-order valence-electron chi connectivity index (χ0n) is 15.1. The van der Waals surface area contributed by atoms with Crippen LogP contribution in [0.1, 0.15) is 41.6 Å². The molecule has 0 bridgehead atoms. The second kappa shape index (κ2) is 8.52. The van der Waals surface area contributed by atoms with Gasteiger partial charge in [-0.15, -0.1) is 0 Å². The molecule has 1 saturated heterocycles. The lowest BCUT2D eigenvalue weighted by Gasteiger charge is -2.16. The SMILES string of the molecule is CC(CNC(=O)Nc1ccc(C(=O)N2CCCC2)cc1)c1ccccc1. The molecule has 2 N–H and O–H groups in total. The van der Waals surface area contributed by atoms with Crippen LogP contribution < -0.4 is 10.6 Å². The highest BCUT2D eigenvalue weighted by Crippen LogP contribution is 2.16. The van der Waals surface area contributed by atoms with E-state index in [9.17, 15) is 9.59 Å². The summed E-state index contributed by atoms with van der Waals surface area (Å²) in [6.07, 6.45) is 2.15. The Hall–Kier alpha value is -2.82. The molecule has 2 aromatic carbocycles. The van der Waals surface area contributed by atoms with Gasteiger partial charge >= 0.3 is 6.03 Å². The van der Waals surface area contributed by atoms with Gasteiger partial charge in [-0.25, -0.2) is 4.79 Å². The van der Waals surface area contributed by atoms with Gasteiger partial charge in [-0.2, -0.15) is 0 Å². The number of carbonyl (C=O) groups excluding carboxylic acids is 2. The van der Waals surface area contributed by atoms with Gasteiger partial charge in [0.1, 0.15) is 0 Å². The van der Waals surface area contributed by atoms with E-state index in [1.807, 2.05) is 23.1 Å². The van der Waals surface area contributed by atoms with E-state index in [-0.39, 0.29) is 17.9 Å². The lowest BCUT2D eigenvalue weighted by Crippen LogP contribution is -2.31. The maximum atomic E-state index is 12.3. The van der Waals surface area contributed by atoms with E-state index in [4.69, 9.17) is 0 Å². The van der Waals surface area contributed by atoms with Crippen molar-refractivity contribution in [3.63, 3.8) is 0 Å². The fourth-order valence-electron chi connectivity index (χ4n) is 3.12. The molecular weight excluding hydrogens is 326 g/mol. The summed E-state index contributed by atoms with van der Waals surface area (Å²) in [4.78, 5) is 26.3. The van der Waals surface area contributed by atoms with Crippen molar-refractivity contribution >= 4 is 17.6 Å². The largest absolute Gasteiger partial charge is 0.339 e. The summed E-state index contributed by atoms with van der Waals surface area (Å²) in [6, 6.07) is 16.9. The zero-order valence-corrected chi connectivity index (χ0v) is 15.1. The minimum absolute atomic E-state index is 0.0650. The van der Waals surface area contributed by atoms with Crippen molar-refractivity contribution in [1.82, 2.24) is 10.2 Å². The molecule has 1 atom stereocenters. The van der Waals surface area contributed by atoms with Crippen molar-refractivity contribution in [2.24, 2.45) is 0 Å². The summed E-state index contributed by atoms with van der Waals surface area (Å²) in [5.74, 6) is 0.303. The summed E-state index contributed by atoms with van der Waals surface area (Å²) < 4.78 is 0. The Morgan fingerprint density at radius 1 is 1.00 bits per heavy atom. The van der Waals surface area contributed by atoms with Gasteiger partial charge in [0.2, 0.25) is 0 Å². The second-order valence-electron chi connectivity index (χ2n) is 6.72. The molecule has 3 rings (SSSR count). The topological polar surface area (TPSA) is 61.4 Å². The molecule has 3 amide bonds. The number of amides is 3. The van der Waals surface area contributed by atoms with Crippen LogP contribution >= 0.6 is 0 Å². The highest BCUT2D eigenvalue weighted by Gasteiger charge is 2.19. The molecular formula is C21H25N3O2. The lowest BCUT2D eigenvalue weighted by molar-refractivity contribution is 0.0793. The van der Waals surface area contributed by atoms with E-state index in [1.165, 1.54) is 5.56 Å². The van der Waals surface area contributed by atoms with Crippen LogP contribution in [0.4, 0.5) is 10.5 Å². The smallest absolute Gasteiger partial charge is 0.319 e. The van der Waals surface area contributed by atoms with Crippen LogP contribution in [0.3, 0.4) is 0 Å². The van der Waals surface area contributed by atoms with Crippen LogP contribution in [0, 0.1) is 0 Å². The molecule has 1 unspecified atom stereocenters. The molecule has 136 valence electrons. The molecule has 0 aromatic heterocycles. The first-order valence-electron chi connectivity index (χ1n) is 9.12. The summed E-state index contributed by atoms with van der Waals surface area (Å²) in [5, 5.41) is 5.70. The second-order valence-corrected chi connectivity index (χ2v) is 6.72. The number of nitrogens with zero attached hydrogens (tertiary/aromatic N) is 1. The van der Waals surface area contributed by atoms with Crippen molar-refractivity contribution in [2.75, 3.05) is 25.0 Å². The van der Waals surface area contributed by atoms with Gasteiger partial charge in [-0.3, -0.25) is 4.79 Å². The van der Waals surface area contributed by atoms with Crippen LogP contribution in [0.25, 0.3) is 0 Å². The van der Waals surface area contributed by atoms with Gasteiger partial charge in [-0.1, -0.05) is 37.3 Å². The highest BCUT2D eigenvalue weighted by molar-refractivity contribution is 5.95. The number of benzene rings is 2. The number of carbonyl (C=O) groups is 2. The van der Waals surface area contributed by atoms with Crippen LogP contribution in [0.5, 0.6) is 0 Å². The van der Waals surface area contributed by atoms with Crippen LogP contribution in [-0.4, -0.2) is 36.5 Å². The monoisotopic (exact) mass is 351 g/mol. The molecule has 0 aliphatic carbocycles. The van der Waals surface area contributed by atoms with E-state index in [2.05, 4.69) is 29.7 Å². The molecule has 1 aliphatic heterocycles. The fraction of sp³-hybridized carbons (Fsp3) is 0.333. The van der Waals surface area contributed by atoms with E-state index >= 15 is 0 Å². The molecule has 2 aromatic rings. The lowest BCUT2D eigenvalue weighted by atomic mass is 10.0. The standard InChI is InChI=1S/C21H25N3O2/c1-16(17-7-3-2-4-8-17)15-22-21(26)23-19-11-9-18(10-12-19)20(25)24-13-5-6-14-24/h2-4,7-12,16H,5-6,13-15H2,1H3,(H2,22,23,26). The van der Waals surface area contributed by atoms with Gasteiger partial charge in [0.05, 0.1) is 0 Å². The van der Waals surface area contributed by atoms with E-state index in [0.29, 0.717) is 17.8 Å². The Bertz CT molecular complexity index is 738. The normalized spacial score (nSPS) is 14.7. The van der Waals surface area contributed by atoms with Crippen molar-refractivity contribution in [3.05, 3.63) is 65.7 Å². The number of urea groups is 1. The van der Waals surface area contributed by atoms with Crippen molar-refractivity contribution < 1.29 is 9.59 Å². The molecule has 0 saturated carbocycles. The van der Waals surface area contributed by atoms with E-state index in [0.717, 1.165) is 25.9 Å². The highest BCUT2D eigenvalue weighted by atomic mass is 16.2. The maximum Gasteiger partial charge on any atom is 0.319 e. The molecule has 0 radical (unpaired) electrons. The third kappa shape index (κ3) is 4.63. The number of rotatable bonds is 5. The van der Waals surface area contributed by atoms with Crippen LogP contribution in [-0.2, 0) is 0 Å². The number of likely N-dealkylation sites (tertiary alicyclic amines) is 1. The van der Waals surface area contributed by atoms with Crippen LogP contribution in [0.15, 0.2) is 54.6 Å². The van der Waals surface area contributed by atoms with Gasteiger partial charge in [-0.05, 0) is 48.6 Å². The van der Waals surface area contributed by atoms with Crippen molar-refractivity contribution in [1.29, 1.82) is 0 Å². The van der Waals surface area contributed by atoms with Gasteiger partial charge in [0, 0.05) is 30.9 Å². The van der Waals surface area contributed by atoms with Gasteiger partial charge in [0.15, 0.2) is 0 Å². The third-order valence-corrected chi connectivity index (χ3v) is 4.72. The van der Waals surface area contributed by atoms with E-state index in [1.54, 1.807) is 24.3 Å². The first-order valence-corrected chi connectivity index (χ1v) is 9.12. The quantitative estimate of drug-likeness (QED) is 0.859. The summed E-state index contributed by atoms with van der Waals surface area (Å²) in [6.45, 7) is 4.30. The van der Waals surface area contributed by atoms with Crippen molar-refractivity contribution in [3.8, 4) is 0 Å². The minimum Gasteiger partial charge on any atom is -0.339 e.